The first-order chi connectivity index (χ1) is 15.1. The molecule has 2 aliphatic rings. The number of aliphatic imine (C=N–C) groups is 1. The summed E-state index contributed by atoms with van der Waals surface area (Å²) in [5.74, 6) is 2.88. The van der Waals surface area contributed by atoms with Gasteiger partial charge in [-0.2, -0.15) is 0 Å². The van der Waals surface area contributed by atoms with Crippen LogP contribution in [0.1, 0.15) is 57.9 Å². The molecule has 0 spiro atoms. The Balaban J connectivity index is 1.57. The largest absolute Gasteiger partial charge is 0.493 e. The van der Waals surface area contributed by atoms with Crippen molar-refractivity contribution in [2.45, 2.75) is 65.0 Å². The number of carbonyl (C=O) groups is 1. The maximum absolute atomic E-state index is 12.7. The van der Waals surface area contributed by atoms with Gasteiger partial charge in [0.2, 0.25) is 5.91 Å². The van der Waals surface area contributed by atoms with E-state index in [9.17, 15) is 4.79 Å². The number of ether oxygens (including phenoxy) is 2. The second-order valence-electron chi connectivity index (χ2n) is 8.42. The highest BCUT2D eigenvalue weighted by Crippen LogP contribution is 2.29. The predicted octanol–water partition coefficient (Wildman–Crippen LogP) is 3.33. The molecule has 7 nitrogen and oxygen atoms in total. The van der Waals surface area contributed by atoms with Crippen LogP contribution in [0.2, 0.25) is 0 Å². The molecule has 0 aromatic heterocycles. The third-order valence-corrected chi connectivity index (χ3v) is 6.00. The molecule has 2 N–H and O–H groups in total. The van der Waals surface area contributed by atoms with E-state index in [0.29, 0.717) is 19.1 Å². The lowest BCUT2D eigenvalue weighted by atomic mass is 10.1. The Hall–Kier alpha value is -2.44. The number of nitrogens with one attached hydrogen (secondary N) is 2. The van der Waals surface area contributed by atoms with Gasteiger partial charge in [-0.15, -0.1) is 0 Å². The van der Waals surface area contributed by atoms with E-state index >= 15 is 0 Å². The minimum Gasteiger partial charge on any atom is -0.493 e. The predicted molar refractivity (Wildman–Crippen MR) is 124 cm³/mol. The Morgan fingerprint density at radius 2 is 2.00 bits per heavy atom. The summed E-state index contributed by atoms with van der Waals surface area (Å²) in [6, 6.07) is 6.19. The average Bonchev–Trinajstić information content (AvgIpc) is 3.48. The van der Waals surface area contributed by atoms with Gasteiger partial charge in [0.15, 0.2) is 17.5 Å². The van der Waals surface area contributed by atoms with Crippen LogP contribution < -0.4 is 20.1 Å². The molecule has 1 aromatic carbocycles. The summed E-state index contributed by atoms with van der Waals surface area (Å²) in [5, 5.41) is 6.85. The molecular weight excluding hydrogens is 392 g/mol. The summed E-state index contributed by atoms with van der Waals surface area (Å²) in [6.07, 6.45) is 6.42. The molecule has 1 saturated heterocycles. The molecule has 2 fully saturated rings. The third kappa shape index (κ3) is 6.52. The van der Waals surface area contributed by atoms with Crippen molar-refractivity contribution >= 4 is 11.9 Å². The highest BCUT2D eigenvalue weighted by Gasteiger charge is 2.32. The Kier molecular flexibility index (Phi) is 8.85. The first-order valence-corrected chi connectivity index (χ1v) is 11.8. The molecule has 31 heavy (non-hydrogen) atoms. The normalized spacial score (nSPS) is 19.5. The highest BCUT2D eigenvalue weighted by molar-refractivity contribution is 5.81. The van der Waals surface area contributed by atoms with Crippen molar-refractivity contribution in [2.75, 3.05) is 33.4 Å². The molecule has 1 unspecified atom stereocenters. The third-order valence-electron chi connectivity index (χ3n) is 6.00. The van der Waals surface area contributed by atoms with Gasteiger partial charge in [0.25, 0.3) is 0 Å². The molecule has 3 rings (SSSR count). The first kappa shape index (κ1) is 23.2. The molecule has 0 radical (unpaired) electrons. The molecule has 7 heteroatoms. The fourth-order valence-electron chi connectivity index (χ4n) is 4.33. The molecule has 1 atom stereocenters. The summed E-state index contributed by atoms with van der Waals surface area (Å²) in [7, 11) is 1.66. The minimum atomic E-state index is 0.238. The zero-order valence-electron chi connectivity index (χ0n) is 19.3. The molecule has 1 aliphatic carbocycles. The number of carbonyl (C=O) groups excluding carboxylic acids is 1. The molecule has 1 aromatic rings. The van der Waals surface area contributed by atoms with Gasteiger partial charge in [0.05, 0.1) is 20.3 Å². The number of hydrogen-bond acceptors (Lipinski definition) is 4. The second kappa shape index (κ2) is 11.8. The Morgan fingerprint density at radius 3 is 2.71 bits per heavy atom. The smallest absolute Gasteiger partial charge is 0.225 e. The summed E-state index contributed by atoms with van der Waals surface area (Å²) >= 11 is 0. The van der Waals surface area contributed by atoms with Crippen LogP contribution in [0.25, 0.3) is 0 Å². The number of guanidine groups is 1. The lowest BCUT2D eigenvalue weighted by Crippen LogP contribution is -2.45. The second-order valence-corrected chi connectivity index (χ2v) is 8.42. The quantitative estimate of drug-likeness (QED) is 0.464. The minimum absolute atomic E-state index is 0.238. The Bertz CT molecular complexity index is 746. The van der Waals surface area contributed by atoms with Crippen molar-refractivity contribution in [1.82, 2.24) is 15.5 Å². The lowest BCUT2D eigenvalue weighted by molar-refractivity contribution is -0.134. The number of amides is 1. The maximum atomic E-state index is 12.7. The van der Waals surface area contributed by atoms with Gasteiger partial charge in [0.1, 0.15) is 0 Å². The molecule has 172 valence electrons. The van der Waals surface area contributed by atoms with E-state index in [0.717, 1.165) is 68.3 Å². The molecule has 1 amide bonds. The summed E-state index contributed by atoms with van der Waals surface area (Å²) in [5.41, 5.74) is 1.06. The van der Waals surface area contributed by atoms with Crippen LogP contribution in [-0.2, 0) is 11.3 Å². The molecule has 1 saturated carbocycles. The lowest BCUT2D eigenvalue weighted by Gasteiger charge is -2.21. The van der Waals surface area contributed by atoms with Gasteiger partial charge in [0, 0.05) is 31.6 Å². The van der Waals surface area contributed by atoms with Crippen molar-refractivity contribution in [3.63, 3.8) is 0 Å². The standard InChI is InChI=1S/C24H38N4O3/c1-4-14-31-21-11-10-18(15-22(21)30-3)16-26-24(25-5-2)27-20-12-13-28(17-20)23(29)19-8-6-7-9-19/h10-11,15,19-20H,4-9,12-14,16-17H2,1-3H3,(H2,25,26,27). The summed E-state index contributed by atoms with van der Waals surface area (Å²) in [4.78, 5) is 19.5. The highest BCUT2D eigenvalue weighted by atomic mass is 16.5. The molecule has 1 heterocycles. The van der Waals surface area contributed by atoms with Crippen molar-refractivity contribution < 1.29 is 14.3 Å². The number of nitrogens with zero attached hydrogens (tertiary/aromatic N) is 2. The number of hydrogen-bond donors (Lipinski definition) is 2. The van der Waals surface area contributed by atoms with Gasteiger partial charge >= 0.3 is 0 Å². The Morgan fingerprint density at radius 1 is 1.19 bits per heavy atom. The molecule has 1 aliphatic heterocycles. The molecular formula is C24H38N4O3. The molecule has 0 bridgehead atoms. The van der Waals surface area contributed by atoms with Gasteiger partial charge in [-0.3, -0.25) is 4.79 Å². The fourth-order valence-corrected chi connectivity index (χ4v) is 4.33. The fraction of sp³-hybridized carbons (Fsp3) is 0.667. The number of rotatable bonds is 9. The van der Waals surface area contributed by atoms with Crippen molar-refractivity contribution in [3.8, 4) is 11.5 Å². The van der Waals surface area contributed by atoms with Crippen LogP contribution in [0, 0.1) is 5.92 Å². The van der Waals surface area contributed by atoms with E-state index < -0.39 is 0 Å². The zero-order valence-corrected chi connectivity index (χ0v) is 19.3. The van der Waals surface area contributed by atoms with E-state index in [1.807, 2.05) is 23.1 Å². The number of methoxy groups -OCH3 is 1. The van der Waals surface area contributed by atoms with Crippen molar-refractivity contribution in [3.05, 3.63) is 23.8 Å². The van der Waals surface area contributed by atoms with E-state index in [1.165, 1.54) is 12.8 Å². The average molecular weight is 431 g/mol. The van der Waals surface area contributed by atoms with Gasteiger partial charge in [-0.1, -0.05) is 25.8 Å². The summed E-state index contributed by atoms with van der Waals surface area (Å²) < 4.78 is 11.2. The topological polar surface area (TPSA) is 75.2 Å². The van der Waals surface area contributed by atoms with E-state index in [4.69, 9.17) is 14.5 Å². The van der Waals surface area contributed by atoms with Crippen LogP contribution >= 0.6 is 0 Å². The van der Waals surface area contributed by atoms with Gasteiger partial charge in [-0.25, -0.2) is 4.99 Å². The monoisotopic (exact) mass is 430 g/mol. The van der Waals surface area contributed by atoms with Gasteiger partial charge in [-0.05, 0) is 50.3 Å². The van der Waals surface area contributed by atoms with Crippen LogP contribution in [0.4, 0.5) is 0 Å². The SMILES string of the molecule is CCCOc1ccc(CN=C(NCC)NC2CCN(C(=O)C3CCCC3)C2)cc1OC. The van der Waals surface area contributed by atoms with E-state index in [-0.39, 0.29) is 12.0 Å². The summed E-state index contributed by atoms with van der Waals surface area (Å²) in [6.45, 7) is 7.74. The van der Waals surface area contributed by atoms with Crippen molar-refractivity contribution in [1.29, 1.82) is 0 Å². The van der Waals surface area contributed by atoms with E-state index in [1.54, 1.807) is 7.11 Å². The first-order valence-electron chi connectivity index (χ1n) is 11.8. The number of benzene rings is 1. The maximum Gasteiger partial charge on any atom is 0.225 e. The van der Waals surface area contributed by atoms with Crippen molar-refractivity contribution in [2.24, 2.45) is 10.9 Å². The van der Waals surface area contributed by atoms with Crippen LogP contribution in [0.5, 0.6) is 11.5 Å². The van der Waals surface area contributed by atoms with Crippen LogP contribution in [-0.4, -0.2) is 56.2 Å². The van der Waals surface area contributed by atoms with Gasteiger partial charge < -0.3 is 25.0 Å². The van der Waals surface area contributed by atoms with Crippen LogP contribution in [0.15, 0.2) is 23.2 Å². The Labute approximate surface area is 186 Å². The number of likely N-dealkylation sites (tertiary alicyclic amines) is 1. The van der Waals surface area contributed by atoms with Crippen LogP contribution in [0.3, 0.4) is 0 Å². The van der Waals surface area contributed by atoms with E-state index in [2.05, 4.69) is 24.5 Å². The zero-order chi connectivity index (χ0) is 22.1.